The van der Waals surface area contributed by atoms with Crippen LogP contribution in [0.5, 0.6) is 5.75 Å². The van der Waals surface area contributed by atoms with Gasteiger partial charge in [0.25, 0.3) is 11.7 Å². The number of benzene rings is 2. The van der Waals surface area contributed by atoms with E-state index in [0.29, 0.717) is 18.1 Å². The lowest BCUT2D eigenvalue weighted by atomic mass is 9.84. The molecular weight excluding hydrogens is 476 g/mol. The van der Waals surface area contributed by atoms with Crippen molar-refractivity contribution >= 4 is 17.4 Å². The second kappa shape index (κ2) is 10.8. The predicted octanol–water partition coefficient (Wildman–Crippen LogP) is 6.52. The Hall–Kier alpha value is -3.93. The van der Waals surface area contributed by atoms with Gasteiger partial charge >= 0.3 is 0 Å². The van der Waals surface area contributed by atoms with Gasteiger partial charge in [-0.25, -0.2) is 0 Å². The van der Waals surface area contributed by atoms with E-state index in [1.54, 1.807) is 18.5 Å². The summed E-state index contributed by atoms with van der Waals surface area (Å²) in [5.41, 5.74) is 3.98. The van der Waals surface area contributed by atoms with E-state index in [4.69, 9.17) is 4.74 Å². The maximum Gasteiger partial charge on any atom is 0.295 e. The molecule has 6 heteroatoms. The first-order chi connectivity index (χ1) is 18.0. The van der Waals surface area contributed by atoms with Crippen molar-refractivity contribution < 1.29 is 19.4 Å². The Morgan fingerprint density at radius 2 is 1.68 bits per heavy atom. The number of hydrogen-bond acceptors (Lipinski definition) is 5. The number of pyridine rings is 1. The molecule has 0 aliphatic carbocycles. The molecule has 1 amide bonds. The Balaban J connectivity index is 1.88. The lowest BCUT2D eigenvalue weighted by Gasteiger charge is -2.26. The van der Waals surface area contributed by atoms with Gasteiger partial charge in [-0.3, -0.25) is 14.6 Å². The Bertz CT molecular complexity index is 1350. The number of aliphatic hydroxyl groups excluding tert-OH is 1. The molecule has 1 aliphatic rings. The monoisotopic (exact) mass is 512 g/mol. The minimum atomic E-state index is -0.728. The van der Waals surface area contributed by atoms with Gasteiger partial charge in [-0.1, -0.05) is 58.9 Å². The van der Waals surface area contributed by atoms with Crippen LogP contribution in [0.15, 0.2) is 72.6 Å². The van der Waals surface area contributed by atoms with Crippen molar-refractivity contribution in [1.29, 1.82) is 0 Å². The fourth-order valence-corrected chi connectivity index (χ4v) is 4.84. The summed E-state index contributed by atoms with van der Waals surface area (Å²) in [6.07, 6.45) is 3.32. The van der Waals surface area contributed by atoms with Gasteiger partial charge in [0, 0.05) is 30.1 Å². The van der Waals surface area contributed by atoms with Crippen LogP contribution < -0.4 is 4.74 Å². The average molecular weight is 513 g/mol. The number of aromatic nitrogens is 1. The maximum atomic E-state index is 13.5. The molecule has 3 aromatic rings. The van der Waals surface area contributed by atoms with E-state index < -0.39 is 17.7 Å². The Labute approximate surface area is 225 Å². The second-order valence-corrected chi connectivity index (χ2v) is 11.0. The van der Waals surface area contributed by atoms with Gasteiger partial charge in [0.1, 0.15) is 11.5 Å². The lowest BCUT2D eigenvalue weighted by molar-refractivity contribution is -0.140. The number of carbonyl (C=O) groups excluding carboxylic acids is 2. The van der Waals surface area contributed by atoms with Crippen molar-refractivity contribution in [3.8, 4) is 5.75 Å². The summed E-state index contributed by atoms with van der Waals surface area (Å²) in [4.78, 5) is 32.5. The molecule has 1 unspecified atom stereocenters. The van der Waals surface area contributed by atoms with E-state index in [2.05, 4.69) is 39.6 Å². The Morgan fingerprint density at radius 1 is 1.03 bits per heavy atom. The van der Waals surface area contributed by atoms with E-state index >= 15 is 0 Å². The number of ketones is 1. The standard InChI is InChI=1S/C32H36N2O4/c1-7-38-26-13-12-24(18-25(26)32(4,5)6)29(35)27-28(23-10-8-22(9-11-23)20(2)3)34(31(37)30(27)36)19-21-14-16-33-17-15-21/h8-18,20,28,35H,7,19H2,1-6H3/b29-27-. The van der Waals surface area contributed by atoms with Crippen LogP contribution >= 0.6 is 0 Å². The second-order valence-electron chi connectivity index (χ2n) is 11.0. The number of likely N-dealkylation sites (tertiary alicyclic amines) is 1. The minimum Gasteiger partial charge on any atom is -0.507 e. The van der Waals surface area contributed by atoms with Crippen LogP contribution in [0.4, 0.5) is 0 Å². The van der Waals surface area contributed by atoms with Gasteiger partial charge in [0.05, 0.1) is 18.2 Å². The zero-order valence-electron chi connectivity index (χ0n) is 23.0. The summed E-state index contributed by atoms with van der Waals surface area (Å²) in [5.74, 6) is -0.446. The number of ether oxygens (including phenoxy) is 1. The summed E-state index contributed by atoms with van der Waals surface area (Å²) in [5, 5.41) is 11.6. The van der Waals surface area contributed by atoms with Crippen LogP contribution in [-0.2, 0) is 21.5 Å². The molecule has 0 radical (unpaired) electrons. The third kappa shape index (κ3) is 5.35. The number of carbonyl (C=O) groups is 2. The SMILES string of the molecule is CCOc1ccc(/C(O)=C2/C(=O)C(=O)N(Cc3ccncc3)C2c2ccc(C(C)C)cc2)cc1C(C)(C)C. The van der Waals surface area contributed by atoms with E-state index in [-0.39, 0.29) is 23.3 Å². The van der Waals surface area contributed by atoms with Crippen LogP contribution in [0.25, 0.3) is 5.76 Å². The molecule has 1 saturated heterocycles. The van der Waals surface area contributed by atoms with Gasteiger partial charge in [0.2, 0.25) is 0 Å². The number of nitrogens with zero attached hydrogens (tertiary/aromatic N) is 2. The Morgan fingerprint density at radius 3 is 2.26 bits per heavy atom. The van der Waals surface area contributed by atoms with Crippen molar-refractivity contribution in [2.24, 2.45) is 0 Å². The number of amides is 1. The molecular formula is C32H36N2O4. The van der Waals surface area contributed by atoms with Gasteiger partial charge in [-0.2, -0.15) is 0 Å². The van der Waals surface area contributed by atoms with E-state index in [9.17, 15) is 14.7 Å². The van der Waals surface area contributed by atoms with Crippen molar-refractivity contribution in [3.63, 3.8) is 0 Å². The van der Waals surface area contributed by atoms with E-state index in [0.717, 1.165) is 28.0 Å². The highest BCUT2D eigenvalue weighted by Crippen LogP contribution is 2.42. The van der Waals surface area contributed by atoms with Crippen LogP contribution in [0.1, 0.15) is 81.3 Å². The fourth-order valence-electron chi connectivity index (χ4n) is 4.84. The first kappa shape index (κ1) is 27.1. The first-order valence-electron chi connectivity index (χ1n) is 13.1. The van der Waals surface area contributed by atoms with Gasteiger partial charge < -0.3 is 14.7 Å². The molecule has 0 spiro atoms. The highest BCUT2D eigenvalue weighted by Gasteiger charge is 2.46. The van der Waals surface area contributed by atoms with Crippen LogP contribution in [0.2, 0.25) is 0 Å². The topological polar surface area (TPSA) is 79.7 Å². The lowest BCUT2D eigenvalue weighted by Crippen LogP contribution is -2.29. The summed E-state index contributed by atoms with van der Waals surface area (Å²) >= 11 is 0. The molecule has 1 aromatic heterocycles. The van der Waals surface area contributed by atoms with Crippen molar-refractivity contribution in [2.45, 2.75) is 65.5 Å². The smallest absolute Gasteiger partial charge is 0.295 e. The molecule has 0 bridgehead atoms. The third-order valence-electron chi connectivity index (χ3n) is 6.92. The molecule has 0 saturated carbocycles. The number of aliphatic hydroxyl groups is 1. The number of Topliss-reactive ketones (excluding diaryl/α,β-unsaturated/α-hetero) is 1. The molecule has 198 valence electrons. The average Bonchev–Trinajstić information content (AvgIpc) is 3.13. The summed E-state index contributed by atoms with van der Waals surface area (Å²) in [6.45, 7) is 13.1. The van der Waals surface area contributed by atoms with Crippen molar-refractivity contribution in [1.82, 2.24) is 9.88 Å². The van der Waals surface area contributed by atoms with Gasteiger partial charge in [0.15, 0.2) is 0 Å². The number of rotatable bonds is 7. The number of hydrogen-bond donors (Lipinski definition) is 1. The zero-order valence-corrected chi connectivity index (χ0v) is 23.0. The van der Waals surface area contributed by atoms with Crippen LogP contribution in [0.3, 0.4) is 0 Å². The Kier molecular flexibility index (Phi) is 7.72. The normalized spacial score (nSPS) is 17.3. The summed E-state index contributed by atoms with van der Waals surface area (Å²) in [7, 11) is 0. The van der Waals surface area contributed by atoms with E-state index in [1.807, 2.05) is 55.5 Å². The fraction of sp³-hybridized carbons (Fsp3) is 0.344. The third-order valence-corrected chi connectivity index (χ3v) is 6.92. The molecule has 2 heterocycles. The first-order valence-corrected chi connectivity index (χ1v) is 13.1. The molecule has 6 nitrogen and oxygen atoms in total. The molecule has 1 aliphatic heterocycles. The predicted molar refractivity (Wildman–Crippen MR) is 149 cm³/mol. The van der Waals surface area contributed by atoms with Crippen LogP contribution in [0, 0.1) is 0 Å². The molecule has 4 rings (SSSR count). The molecule has 38 heavy (non-hydrogen) atoms. The molecule has 1 fully saturated rings. The highest BCUT2D eigenvalue weighted by molar-refractivity contribution is 6.46. The maximum absolute atomic E-state index is 13.5. The van der Waals surface area contributed by atoms with Crippen molar-refractivity contribution in [3.05, 3.63) is 100 Å². The highest BCUT2D eigenvalue weighted by atomic mass is 16.5. The zero-order chi connectivity index (χ0) is 27.6. The quantitative estimate of drug-likeness (QED) is 0.221. The van der Waals surface area contributed by atoms with E-state index in [1.165, 1.54) is 4.90 Å². The molecule has 1 N–H and O–H groups in total. The van der Waals surface area contributed by atoms with Gasteiger partial charge in [-0.05, 0) is 65.3 Å². The minimum absolute atomic E-state index is 0.0883. The summed E-state index contributed by atoms with van der Waals surface area (Å²) < 4.78 is 5.83. The van der Waals surface area contributed by atoms with Gasteiger partial charge in [-0.15, -0.1) is 0 Å². The molecule has 2 aromatic carbocycles. The molecule has 1 atom stereocenters. The van der Waals surface area contributed by atoms with Crippen molar-refractivity contribution in [2.75, 3.05) is 6.61 Å². The summed E-state index contributed by atoms with van der Waals surface area (Å²) in [6, 6.07) is 16.2. The van der Waals surface area contributed by atoms with Crippen LogP contribution in [-0.4, -0.2) is 33.3 Å². The largest absolute Gasteiger partial charge is 0.507 e.